The predicted molar refractivity (Wildman–Crippen MR) is 126 cm³/mol. The number of primary amides is 1. The molecule has 4 heteroatoms. The highest BCUT2D eigenvalue weighted by Gasteiger charge is 2.39. The standard InChI is InChI=1S/C27H36N2O2/c1-19(2)25(30)23(15-21-9-6-5-7-10-21)18-29-14-13-27(4,20(3)17-29)24-12-8-11-22(16-24)26(28)31/h5-12,16,19-20,23H,13-15,17-18H2,1-4H3,(H2,28,31). The number of amides is 1. The lowest BCUT2D eigenvalue weighted by Crippen LogP contribution is -2.49. The molecule has 2 aromatic rings. The van der Waals surface area contributed by atoms with Gasteiger partial charge in [-0.05, 0) is 54.0 Å². The first kappa shape index (κ1) is 23.2. The molecule has 1 fully saturated rings. The van der Waals surface area contributed by atoms with E-state index < -0.39 is 0 Å². The van der Waals surface area contributed by atoms with Gasteiger partial charge in [-0.25, -0.2) is 0 Å². The SMILES string of the molecule is CC(C)C(=O)C(Cc1ccccc1)CN1CCC(C)(c2cccc(C(N)=O)c2)C(C)C1. The average Bonchev–Trinajstić information content (AvgIpc) is 2.76. The van der Waals surface area contributed by atoms with E-state index >= 15 is 0 Å². The summed E-state index contributed by atoms with van der Waals surface area (Å²) in [5, 5.41) is 0. The summed E-state index contributed by atoms with van der Waals surface area (Å²) in [5.41, 5.74) is 8.45. The molecule has 0 aromatic heterocycles. The van der Waals surface area contributed by atoms with Gasteiger partial charge in [0.2, 0.25) is 5.91 Å². The van der Waals surface area contributed by atoms with Crippen molar-refractivity contribution in [2.75, 3.05) is 19.6 Å². The molecular weight excluding hydrogens is 384 g/mol. The van der Waals surface area contributed by atoms with Gasteiger partial charge >= 0.3 is 0 Å². The largest absolute Gasteiger partial charge is 0.366 e. The molecule has 0 bridgehead atoms. The van der Waals surface area contributed by atoms with Crippen LogP contribution >= 0.6 is 0 Å². The maximum Gasteiger partial charge on any atom is 0.248 e. The Kier molecular flexibility index (Phi) is 7.32. The zero-order chi connectivity index (χ0) is 22.6. The Balaban J connectivity index is 1.73. The minimum atomic E-state index is -0.383. The van der Waals surface area contributed by atoms with Crippen LogP contribution in [0.2, 0.25) is 0 Å². The van der Waals surface area contributed by atoms with Gasteiger partial charge in [-0.1, -0.05) is 70.2 Å². The number of likely N-dealkylation sites (tertiary alicyclic amines) is 1. The van der Waals surface area contributed by atoms with E-state index in [1.165, 1.54) is 11.1 Å². The normalized spacial score (nSPS) is 22.9. The number of carbonyl (C=O) groups is 2. The van der Waals surface area contributed by atoms with Gasteiger partial charge in [0.25, 0.3) is 0 Å². The number of piperidine rings is 1. The van der Waals surface area contributed by atoms with E-state index in [0.29, 0.717) is 17.3 Å². The van der Waals surface area contributed by atoms with E-state index in [0.717, 1.165) is 32.5 Å². The quantitative estimate of drug-likeness (QED) is 0.685. The van der Waals surface area contributed by atoms with Crippen LogP contribution < -0.4 is 5.73 Å². The van der Waals surface area contributed by atoms with Crippen LogP contribution in [0.25, 0.3) is 0 Å². The fraction of sp³-hybridized carbons (Fsp3) is 0.481. The number of benzene rings is 2. The van der Waals surface area contributed by atoms with E-state index in [2.05, 4.69) is 36.9 Å². The van der Waals surface area contributed by atoms with Gasteiger partial charge in [0.05, 0.1) is 0 Å². The lowest BCUT2D eigenvalue weighted by molar-refractivity contribution is -0.126. The van der Waals surface area contributed by atoms with Crippen LogP contribution in [0.1, 0.15) is 55.6 Å². The summed E-state index contributed by atoms with van der Waals surface area (Å²) in [6.45, 7) is 11.2. The zero-order valence-electron chi connectivity index (χ0n) is 19.3. The third kappa shape index (κ3) is 5.43. The molecule has 0 spiro atoms. The lowest BCUT2D eigenvalue weighted by atomic mass is 9.67. The summed E-state index contributed by atoms with van der Waals surface area (Å²) in [4.78, 5) is 27.1. The molecule has 4 nitrogen and oxygen atoms in total. The Morgan fingerprint density at radius 3 is 2.45 bits per heavy atom. The van der Waals surface area contributed by atoms with Gasteiger partial charge in [-0.3, -0.25) is 9.59 Å². The molecule has 3 atom stereocenters. The zero-order valence-corrected chi connectivity index (χ0v) is 19.3. The van der Waals surface area contributed by atoms with Gasteiger partial charge < -0.3 is 10.6 Å². The van der Waals surface area contributed by atoms with Crippen LogP contribution in [0.3, 0.4) is 0 Å². The molecule has 166 valence electrons. The Bertz CT molecular complexity index is 908. The molecule has 0 aliphatic carbocycles. The number of nitrogens with two attached hydrogens (primary N) is 1. The number of carbonyl (C=O) groups excluding carboxylic acids is 2. The van der Waals surface area contributed by atoms with Gasteiger partial charge in [0, 0.05) is 30.5 Å². The van der Waals surface area contributed by atoms with E-state index in [9.17, 15) is 9.59 Å². The first-order valence-corrected chi connectivity index (χ1v) is 11.4. The lowest BCUT2D eigenvalue weighted by Gasteiger charge is -2.46. The number of hydrogen-bond donors (Lipinski definition) is 1. The predicted octanol–water partition coefficient (Wildman–Crippen LogP) is 4.47. The summed E-state index contributed by atoms with van der Waals surface area (Å²) < 4.78 is 0. The van der Waals surface area contributed by atoms with Crippen molar-refractivity contribution in [1.29, 1.82) is 0 Å². The molecule has 2 N–H and O–H groups in total. The third-order valence-electron chi connectivity index (χ3n) is 7.15. The Hall–Kier alpha value is -2.46. The van der Waals surface area contributed by atoms with E-state index in [1.54, 1.807) is 6.07 Å². The van der Waals surface area contributed by atoms with Crippen LogP contribution in [0, 0.1) is 17.8 Å². The van der Waals surface area contributed by atoms with Crippen molar-refractivity contribution in [3.63, 3.8) is 0 Å². The van der Waals surface area contributed by atoms with Gasteiger partial charge in [-0.2, -0.15) is 0 Å². The highest BCUT2D eigenvalue weighted by atomic mass is 16.1. The minimum Gasteiger partial charge on any atom is -0.366 e. The highest BCUT2D eigenvalue weighted by molar-refractivity contribution is 5.93. The molecule has 1 saturated heterocycles. The average molecular weight is 421 g/mol. The fourth-order valence-corrected chi connectivity index (χ4v) is 4.88. The molecule has 31 heavy (non-hydrogen) atoms. The van der Waals surface area contributed by atoms with Crippen LogP contribution in [0.5, 0.6) is 0 Å². The topological polar surface area (TPSA) is 63.4 Å². The third-order valence-corrected chi connectivity index (χ3v) is 7.15. The molecule has 0 radical (unpaired) electrons. The van der Waals surface area contributed by atoms with Crippen molar-refractivity contribution in [1.82, 2.24) is 4.90 Å². The molecular formula is C27H36N2O2. The van der Waals surface area contributed by atoms with Gasteiger partial charge in [0.15, 0.2) is 0 Å². The summed E-state index contributed by atoms with van der Waals surface area (Å²) in [5.74, 6) is 0.413. The van der Waals surface area contributed by atoms with Crippen LogP contribution in [-0.4, -0.2) is 36.2 Å². The van der Waals surface area contributed by atoms with Gasteiger partial charge in [0.1, 0.15) is 5.78 Å². The number of rotatable bonds is 8. The Morgan fingerprint density at radius 1 is 1.13 bits per heavy atom. The Labute approximate surface area is 186 Å². The first-order chi connectivity index (χ1) is 14.7. The second-order valence-corrected chi connectivity index (χ2v) is 9.72. The molecule has 1 aliphatic rings. The molecule has 2 aromatic carbocycles. The van der Waals surface area contributed by atoms with E-state index in [-0.39, 0.29) is 23.2 Å². The van der Waals surface area contributed by atoms with Crippen molar-refractivity contribution in [3.05, 3.63) is 71.3 Å². The number of Topliss-reactive ketones (excluding diaryl/α,β-unsaturated/α-hetero) is 1. The second kappa shape index (κ2) is 9.78. The highest BCUT2D eigenvalue weighted by Crippen LogP contribution is 2.40. The van der Waals surface area contributed by atoms with Crippen molar-refractivity contribution >= 4 is 11.7 Å². The summed E-state index contributed by atoms with van der Waals surface area (Å²) in [7, 11) is 0. The maximum atomic E-state index is 13.0. The van der Waals surface area contributed by atoms with Crippen molar-refractivity contribution in [3.8, 4) is 0 Å². The number of nitrogens with zero attached hydrogens (tertiary/aromatic N) is 1. The minimum absolute atomic E-state index is 0.0112. The molecule has 3 unspecified atom stereocenters. The van der Waals surface area contributed by atoms with E-state index in [4.69, 9.17) is 5.73 Å². The summed E-state index contributed by atoms with van der Waals surface area (Å²) in [6, 6.07) is 18.1. The number of ketones is 1. The monoisotopic (exact) mass is 420 g/mol. The fourth-order valence-electron chi connectivity index (χ4n) is 4.88. The van der Waals surface area contributed by atoms with Crippen molar-refractivity contribution in [2.45, 2.75) is 46.0 Å². The van der Waals surface area contributed by atoms with Crippen LogP contribution in [-0.2, 0) is 16.6 Å². The number of hydrogen-bond acceptors (Lipinski definition) is 3. The van der Waals surface area contributed by atoms with Crippen molar-refractivity contribution < 1.29 is 9.59 Å². The summed E-state index contributed by atoms with van der Waals surface area (Å²) in [6.07, 6.45) is 1.78. The smallest absolute Gasteiger partial charge is 0.248 e. The molecule has 3 rings (SSSR count). The van der Waals surface area contributed by atoms with Crippen LogP contribution in [0.15, 0.2) is 54.6 Å². The molecule has 1 aliphatic heterocycles. The summed E-state index contributed by atoms with van der Waals surface area (Å²) >= 11 is 0. The second-order valence-electron chi connectivity index (χ2n) is 9.72. The molecule has 1 amide bonds. The van der Waals surface area contributed by atoms with Gasteiger partial charge in [-0.15, -0.1) is 0 Å². The maximum absolute atomic E-state index is 13.0. The first-order valence-electron chi connectivity index (χ1n) is 11.4. The molecule has 0 saturated carbocycles. The molecule has 1 heterocycles. The van der Waals surface area contributed by atoms with E-state index in [1.807, 2.05) is 44.2 Å². The van der Waals surface area contributed by atoms with Crippen LogP contribution in [0.4, 0.5) is 0 Å². The Morgan fingerprint density at radius 2 is 1.84 bits per heavy atom. The van der Waals surface area contributed by atoms with Crippen molar-refractivity contribution in [2.24, 2.45) is 23.5 Å².